The van der Waals surface area contributed by atoms with E-state index in [1.807, 2.05) is 61.7 Å². The van der Waals surface area contributed by atoms with Crippen LogP contribution in [0.4, 0.5) is 0 Å². The maximum atomic E-state index is 12.1. The Morgan fingerprint density at radius 1 is 0.963 bits per heavy atom. The molecule has 6 heteroatoms. The van der Waals surface area contributed by atoms with E-state index >= 15 is 0 Å². The average Bonchev–Trinajstić information content (AvgIpc) is 3.16. The first-order chi connectivity index (χ1) is 13.1. The van der Waals surface area contributed by atoms with Crippen LogP contribution in [0.2, 0.25) is 0 Å². The maximum absolute atomic E-state index is 12.1. The van der Waals surface area contributed by atoms with Crippen molar-refractivity contribution in [3.63, 3.8) is 0 Å². The van der Waals surface area contributed by atoms with Crippen LogP contribution in [0.15, 0.2) is 66.9 Å². The van der Waals surface area contributed by atoms with Crippen LogP contribution in [0.1, 0.15) is 21.6 Å². The Bertz CT molecular complexity index is 919. The summed E-state index contributed by atoms with van der Waals surface area (Å²) in [4.78, 5) is 24.0. The van der Waals surface area contributed by atoms with Crippen molar-refractivity contribution >= 4 is 11.8 Å². The molecule has 6 nitrogen and oxygen atoms in total. The highest BCUT2D eigenvalue weighted by molar-refractivity contribution is 5.97. The van der Waals surface area contributed by atoms with Gasteiger partial charge in [0.25, 0.3) is 5.91 Å². The Morgan fingerprint density at radius 3 is 2.48 bits per heavy atom. The molecule has 0 radical (unpaired) electrons. The minimum Gasteiger partial charge on any atom is -0.354 e. The number of aryl methyl sites for hydroxylation is 1. The fourth-order valence-corrected chi connectivity index (χ4v) is 2.70. The van der Waals surface area contributed by atoms with Crippen molar-refractivity contribution in [3.8, 4) is 5.69 Å². The third-order valence-electron chi connectivity index (χ3n) is 4.17. The van der Waals surface area contributed by atoms with Crippen molar-refractivity contribution in [3.05, 3.63) is 83.7 Å². The van der Waals surface area contributed by atoms with Crippen molar-refractivity contribution in [1.29, 1.82) is 0 Å². The van der Waals surface area contributed by atoms with Gasteiger partial charge in [-0.1, -0.05) is 36.4 Å². The van der Waals surface area contributed by atoms with Gasteiger partial charge in [-0.25, -0.2) is 4.68 Å². The van der Waals surface area contributed by atoms with Gasteiger partial charge in [0.15, 0.2) is 0 Å². The molecule has 0 aliphatic heterocycles. The van der Waals surface area contributed by atoms with Gasteiger partial charge in [-0.3, -0.25) is 9.59 Å². The number of benzene rings is 2. The van der Waals surface area contributed by atoms with E-state index < -0.39 is 0 Å². The van der Waals surface area contributed by atoms with Gasteiger partial charge in [0.1, 0.15) is 0 Å². The highest BCUT2D eigenvalue weighted by Crippen LogP contribution is 2.07. The summed E-state index contributed by atoms with van der Waals surface area (Å²) in [5, 5.41) is 9.94. The molecule has 3 rings (SSSR count). The first kappa shape index (κ1) is 18.4. The number of carbonyl (C=O) groups is 2. The lowest BCUT2D eigenvalue weighted by Gasteiger charge is -2.08. The molecule has 1 heterocycles. The predicted molar refractivity (Wildman–Crippen MR) is 104 cm³/mol. The maximum Gasteiger partial charge on any atom is 0.251 e. The Hall–Kier alpha value is -3.41. The number of nitrogens with zero attached hydrogens (tertiary/aromatic N) is 2. The zero-order valence-corrected chi connectivity index (χ0v) is 15.2. The molecule has 0 bridgehead atoms. The minimum atomic E-state index is -0.246. The molecule has 2 aromatic carbocycles. The second kappa shape index (κ2) is 8.80. The lowest BCUT2D eigenvalue weighted by molar-refractivity contribution is -0.120. The van der Waals surface area contributed by atoms with Gasteiger partial charge >= 0.3 is 0 Å². The molecule has 2 N–H and O–H groups in total. The summed E-state index contributed by atoms with van der Waals surface area (Å²) in [6, 6.07) is 19.1. The van der Waals surface area contributed by atoms with Gasteiger partial charge in [0.2, 0.25) is 5.91 Å². The molecule has 138 valence electrons. The van der Waals surface area contributed by atoms with Crippen LogP contribution in [-0.4, -0.2) is 34.7 Å². The van der Waals surface area contributed by atoms with Gasteiger partial charge < -0.3 is 10.6 Å². The third kappa shape index (κ3) is 5.04. The number of amides is 2. The standard InChI is InChI=1S/C21H22N4O2/c1-16-7-5-6-10-19(16)21(27)23-15-20(26)22-13-11-17-12-14-25(24-17)18-8-3-2-4-9-18/h2-10,12,14H,11,13,15H2,1H3,(H,22,26)(H,23,27). The van der Waals surface area contributed by atoms with Crippen LogP contribution in [0, 0.1) is 6.92 Å². The van der Waals surface area contributed by atoms with Crippen LogP contribution in [-0.2, 0) is 11.2 Å². The number of nitrogens with one attached hydrogen (secondary N) is 2. The van der Waals surface area contributed by atoms with E-state index in [2.05, 4.69) is 15.7 Å². The smallest absolute Gasteiger partial charge is 0.251 e. The molecule has 0 aliphatic carbocycles. The van der Waals surface area contributed by atoms with Crippen LogP contribution < -0.4 is 10.6 Å². The molecular weight excluding hydrogens is 340 g/mol. The molecule has 0 saturated carbocycles. The molecule has 27 heavy (non-hydrogen) atoms. The fourth-order valence-electron chi connectivity index (χ4n) is 2.70. The van der Waals surface area contributed by atoms with E-state index in [1.165, 1.54) is 0 Å². The summed E-state index contributed by atoms with van der Waals surface area (Å²) in [6.45, 7) is 2.28. The molecule has 0 fully saturated rings. The SMILES string of the molecule is Cc1ccccc1C(=O)NCC(=O)NCCc1ccn(-c2ccccc2)n1. The zero-order chi connectivity index (χ0) is 19.1. The van der Waals surface area contributed by atoms with E-state index in [0.717, 1.165) is 16.9 Å². The van der Waals surface area contributed by atoms with Gasteiger partial charge in [0, 0.05) is 24.7 Å². The number of para-hydroxylation sites is 1. The Labute approximate surface area is 158 Å². The summed E-state index contributed by atoms with van der Waals surface area (Å²) in [5.41, 5.74) is 3.34. The second-order valence-electron chi connectivity index (χ2n) is 6.18. The molecule has 3 aromatic rings. The van der Waals surface area contributed by atoms with E-state index in [0.29, 0.717) is 18.5 Å². The van der Waals surface area contributed by atoms with Gasteiger partial charge in [-0.15, -0.1) is 0 Å². The quantitative estimate of drug-likeness (QED) is 0.677. The fraction of sp³-hybridized carbons (Fsp3) is 0.190. The molecule has 0 aliphatic rings. The van der Waals surface area contributed by atoms with Crippen LogP contribution in [0.5, 0.6) is 0 Å². The van der Waals surface area contributed by atoms with Gasteiger partial charge in [-0.05, 0) is 36.8 Å². The molecule has 0 saturated heterocycles. The summed E-state index contributed by atoms with van der Waals surface area (Å²) in [6.07, 6.45) is 2.52. The first-order valence-corrected chi connectivity index (χ1v) is 8.84. The Morgan fingerprint density at radius 2 is 1.70 bits per heavy atom. The highest BCUT2D eigenvalue weighted by Gasteiger charge is 2.10. The Kier molecular flexibility index (Phi) is 5.99. The third-order valence-corrected chi connectivity index (χ3v) is 4.17. The summed E-state index contributed by atoms with van der Waals surface area (Å²) in [7, 11) is 0. The number of rotatable bonds is 7. The second-order valence-corrected chi connectivity index (χ2v) is 6.18. The van der Waals surface area contributed by atoms with Gasteiger partial charge in [0.05, 0.1) is 17.9 Å². The van der Waals surface area contributed by atoms with Crippen molar-refractivity contribution in [2.45, 2.75) is 13.3 Å². The van der Waals surface area contributed by atoms with Crippen molar-refractivity contribution in [2.75, 3.05) is 13.1 Å². The van der Waals surface area contributed by atoms with E-state index in [1.54, 1.807) is 16.8 Å². The number of hydrogen-bond donors (Lipinski definition) is 2. The lowest BCUT2D eigenvalue weighted by atomic mass is 10.1. The minimum absolute atomic E-state index is 0.0500. The molecule has 0 spiro atoms. The lowest BCUT2D eigenvalue weighted by Crippen LogP contribution is -2.37. The predicted octanol–water partition coefficient (Wildman–Crippen LogP) is 2.27. The summed E-state index contributed by atoms with van der Waals surface area (Å²) < 4.78 is 1.81. The highest BCUT2D eigenvalue weighted by atomic mass is 16.2. The molecule has 1 aromatic heterocycles. The van der Waals surface area contributed by atoms with Crippen LogP contribution in [0.25, 0.3) is 5.69 Å². The van der Waals surface area contributed by atoms with Crippen molar-refractivity contribution in [2.24, 2.45) is 0 Å². The van der Waals surface area contributed by atoms with Crippen LogP contribution >= 0.6 is 0 Å². The normalized spacial score (nSPS) is 10.4. The van der Waals surface area contributed by atoms with Crippen molar-refractivity contribution < 1.29 is 9.59 Å². The van der Waals surface area contributed by atoms with Crippen molar-refractivity contribution in [1.82, 2.24) is 20.4 Å². The van der Waals surface area contributed by atoms with E-state index in [4.69, 9.17) is 0 Å². The Balaban J connectivity index is 1.42. The molecule has 2 amide bonds. The molecular formula is C21H22N4O2. The van der Waals surface area contributed by atoms with Crippen LogP contribution in [0.3, 0.4) is 0 Å². The average molecular weight is 362 g/mol. The van der Waals surface area contributed by atoms with E-state index in [9.17, 15) is 9.59 Å². The van der Waals surface area contributed by atoms with E-state index in [-0.39, 0.29) is 18.4 Å². The topological polar surface area (TPSA) is 76.0 Å². The molecule has 0 atom stereocenters. The monoisotopic (exact) mass is 362 g/mol. The largest absolute Gasteiger partial charge is 0.354 e. The number of aromatic nitrogens is 2. The zero-order valence-electron chi connectivity index (χ0n) is 15.2. The molecule has 0 unspecified atom stereocenters. The number of carbonyl (C=O) groups excluding carboxylic acids is 2. The first-order valence-electron chi connectivity index (χ1n) is 8.84. The summed E-state index contributed by atoms with van der Waals surface area (Å²) in [5.74, 6) is -0.468. The van der Waals surface area contributed by atoms with Gasteiger partial charge in [-0.2, -0.15) is 5.10 Å². The summed E-state index contributed by atoms with van der Waals surface area (Å²) >= 11 is 0. The number of hydrogen-bond acceptors (Lipinski definition) is 3.